The van der Waals surface area contributed by atoms with E-state index in [1.54, 1.807) is 6.07 Å². The highest BCUT2D eigenvalue weighted by Gasteiger charge is 2.18. The summed E-state index contributed by atoms with van der Waals surface area (Å²) in [5.41, 5.74) is 0.518. The smallest absolute Gasteiger partial charge is 0.240 e. The van der Waals surface area contributed by atoms with Crippen LogP contribution < -0.4 is 4.72 Å². The van der Waals surface area contributed by atoms with Crippen LogP contribution in [0.5, 0.6) is 0 Å². The second kappa shape index (κ2) is 6.95. The quantitative estimate of drug-likeness (QED) is 0.887. The summed E-state index contributed by atoms with van der Waals surface area (Å²) in [4.78, 5) is -0.0528. The molecular formula is C15H15F2NO3S. The zero-order valence-electron chi connectivity index (χ0n) is 11.8. The maximum atomic E-state index is 13.2. The first-order valence-electron chi connectivity index (χ1n) is 6.46. The highest BCUT2D eigenvalue weighted by atomic mass is 32.2. The van der Waals surface area contributed by atoms with Crippen LogP contribution in [0.2, 0.25) is 0 Å². The van der Waals surface area contributed by atoms with Crippen molar-refractivity contribution in [3.63, 3.8) is 0 Å². The number of rotatable bonds is 6. The van der Waals surface area contributed by atoms with Gasteiger partial charge in [-0.1, -0.05) is 12.1 Å². The third-order valence-corrected chi connectivity index (χ3v) is 4.53. The van der Waals surface area contributed by atoms with Crippen LogP contribution in [0, 0.1) is 11.6 Å². The Morgan fingerprint density at radius 3 is 2.36 bits per heavy atom. The molecule has 0 aliphatic carbocycles. The molecule has 0 spiro atoms. The van der Waals surface area contributed by atoms with E-state index in [1.165, 1.54) is 37.4 Å². The van der Waals surface area contributed by atoms with Gasteiger partial charge in [-0.3, -0.25) is 0 Å². The van der Waals surface area contributed by atoms with Crippen LogP contribution in [0.1, 0.15) is 11.7 Å². The van der Waals surface area contributed by atoms with Gasteiger partial charge in [-0.05, 0) is 42.0 Å². The Bertz CT molecular complexity index is 733. The van der Waals surface area contributed by atoms with Gasteiger partial charge >= 0.3 is 0 Å². The van der Waals surface area contributed by atoms with Crippen molar-refractivity contribution in [2.45, 2.75) is 11.0 Å². The molecule has 0 aliphatic rings. The fourth-order valence-electron chi connectivity index (χ4n) is 1.93. The Labute approximate surface area is 127 Å². The third-order valence-electron chi connectivity index (χ3n) is 3.09. The van der Waals surface area contributed by atoms with Crippen molar-refractivity contribution in [3.05, 3.63) is 65.7 Å². The van der Waals surface area contributed by atoms with E-state index in [4.69, 9.17) is 4.74 Å². The number of hydrogen-bond acceptors (Lipinski definition) is 3. The van der Waals surface area contributed by atoms with Gasteiger partial charge in [0.05, 0.1) is 11.0 Å². The van der Waals surface area contributed by atoms with Crippen LogP contribution in [0.3, 0.4) is 0 Å². The molecule has 1 N–H and O–H groups in total. The Hall–Kier alpha value is -1.83. The number of ether oxygens (including phenoxy) is 1. The predicted octanol–water partition coefficient (Wildman–Crippen LogP) is 2.63. The molecule has 0 heterocycles. The Morgan fingerprint density at radius 2 is 1.77 bits per heavy atom. The average Bonchev–Trinajstić information content (AvgIpc) is 2.48. The molecule has 118 valence electrons. The van der Waals surface area contributed by atoms with Crippen molar-refractivity contribution in [3.8, 4) is 0 Å². The highest BCUT2D eigenvalue weighted by Crippen LogP contribution is 2.18. The SMILES string of the molecule is COC(CNS(=O)(=O)c1ccc(F)cc1)c1cccc(F)c1. The lowest BCUT2D eigenvalue weighted by Gasteiger charge is -2.16. The fraction of sp³-hybridized carbons (Fsp3) is 0.200. The first kappa shape index (κ1) is 16.5. The molecular weight excluding hydrogens is 312 g/mol. The monoisotopic (exact) mass is 327 g/mol. The van der Waals surface area contributed by atoms with Crippen LogP contribution in [0.4, 0.5) is 8.78 Å². The molecule has 0 aromatic heterocycles. The van der Waals surface area contributed by atoms with Gasteiger partial charge in [0.1, 0.15) is 11.6 Å². The van der Waals surface area contributed by atoms with Crippen molar-refractivity contribution in [2.75, 3.05) is 13.7 Å². The summed E-state index contributed by atoms with van der Waals surface area (Å²) in [6, 6.07) is 10.2. The van der Waals surface area contributed by atoms with Crippen molar-refractivity contribution < 1.29 is 21.9 Å². The molecule has 7 heteroatoms. The predicted molar refractivity (Wildman–Crippen MR) is 77.7 cm³/mol. The van der Waals surface area contributed by atoms with Crippen molar-refractivity contribution in [1.82, 2.24) is 4.72 Å². The zero-order chi connectivity index (χ0) is 16.2. The van der Waals surface area contributed by atoms with Gasteiger partial charge in [0, 0.05) is 13.7 Å². The van der Waals surface area contributed by atoms with E-state index in [2.05, 4.69) is 4.72 Å². The van der Waals surface area contributed by atoms with Gasteiger partial charge < -0.3 is 4.74 Å². The first-order chi connectivity index (χ1) is 10.4. The van der Waals surface area contributed by atoms with Gasteiger partial charge in [0.15, 0.2) is 0 Å². The van der Waals surface area contributed by atoms with E-state index in [9.17, 15) is 17.2 Å². The standard InChI is InChI=1S/C15H15F2NO3S/c1-21-15(11-3-2-4-13(17)9-11)10-18-22(19,20)14-7-5-12(16)6-8-14/h2-9,15,18H,10H2,1H3. The minimum atomic E-state index is -3.79. The van der Waals surface area contributed by atoms with E-state index in [0.717, 1.165) is 12.1 Å². The lowest BCUT2D eigenvalue weighted by atomic mass is 10.1. The number of methoxy groups -OCH3 is 1. The van der Waals surface area contributed by atoms with E-state index < -0.39 is 27.8 Å². The van der Waals surface area contributed by atoms with Crippen LogP contribution in [0.25, 0.3) is 0 Å². The molecule has 0 bridgehead atoms. The third kappa shape index (κ3) is 4.09. The van der Waals surface area contributed by atoms with Gasteiger partial charge in [-0.2, -0.15) is 0 Å². The number of hydrogen-bond donors (Lipinski definition) is 1. The summed E-state index contributed by atoms with van der Waals surface area (Å²) in [7, 11) is -2.39. The molecule has 2 aromatic rings. The maximum Gasteiger partial charge on any atom is 0.240 e. The molecule has 1 unspecified atom stereocenters. The zero-order valence-corrected chi connectivity index (χ0v) is 12.6. The molecule has 2 aromatic carbocycles. The average molecular weight is 327 g/mol. The molecule has 1 atom stereocenters. The number of sulfonamides is 1. The van der Waals surface area contributed by atoms with Crippen molar-refractivity contribution >= 4 is 10.0 Å². The second-order valence-corrected chi connectivity index (χ2v) is 6.35. The normalized spacial score (nSPS) is 13.0. The maximum absolute atomic E-state index is 13.2. The number of benzene rings is 2. The van der Waals surface area contributed by atoms with Gasteiger partial charge in [0.2, 0.25) is 10.0 Å². The molecule has 0 aliphatic heterocycles. The van der Waals surface area contributed by atoms with Gasteiger partial charge in [-0.25, -0.2) is 21.9 Å². The summed E-state index contributed by atoms with van der Waals surface area (Å²) < 4.78 is 57.8. The van der Waals surface area contributed by atoms with E-state index >= 15 is 0 Å². The molecule has 0 amide bonds. The highest BCUT2D eigenvalue weighted by molar-refractivity contribution is 7.89. The summed E-state index contributed by atoms with van der Waals surface area (Å²) in [5, 5.41) is 0. The van der Waals surface area contributed by atoms with E-state index in [0.29, 0.717) is 5.56 Å². The topological polar surface area (TPSA) is 55.4 Å². The second-order valence-electron chi connectivity index (χ2n) is 4.59. The molecule has 2 rings (SSSR count). The van der Waals surface area contributed by atoms with Crippen LogP contribution in [-0.2, 0) is 14.8 Å². The minimum absolute atomic E-state index is 0.0528. The molecule has 0 saturated carbocycles. The Kier molecular flexibility index (Phi) is 5.23. The molecule has 0 radical (unpaired) electrons. The van der Waals surface area contributed by atoms with Crippen LogP contribution in [0.15, 0.2) is 53.4 Å². The van der Waals surface area contributed by atoms with Crippen molar-refractivity contribution in [2.24, 2.45) is 0 Å². The number of nitrogens with one attached hydrogen (secondary N) is 1. The van der Waals surface area contributed by atoms with E-state index in [1.807, 2.05) is 0 Å². The summed E-state index contributed by atoms with van der Waals surface area (Å²) in [5.74, 6) is -0.950. The first-order valence-corrected chi connectivity index (χ1v) is 7.94. The van der Waals surface area contributed by atoms with Crippen LogP contribution >= 0.6 is 0 Å². The lowest BCUT2D eigenvalue weighted by molar-refractivity contribution is 0.107. The Balaban J connectivity index is 2.11. The molecule has 0 fully saturated rings. The van der Waals surface area contributed by atoms with Gasteiger partial charge in [0.25, 0.3) is 0 Å². The number of halogens is 2. The largest absolute Gasteiger partial charge is 0.375 e. The molecule has 22 heavy (non-hydrogen) atoms. The van der Waals surface area contributed by atoms with Gasteiger partial charge in [-0.15, -0.1) is 0 Å². The summed E-state index contributed by atoms with van der Waals surface area (Å²) in [6.07, 6.45) is -0.633. The fourth-order valence-corrected chi connectivity index (χ4v) is 2.96. The summed E-state index contributed by atoms with van der Waals surface area (Å²) >= 11 is 0. The van der Waals surface area contributed by atoms with E-state index in [-0.39, 0.29) is 11.4 Å². The van der Waals surface area contributed by atoms with Crippen molar-refractivity contribution in [1.29, 1.82) is 0 Å². The molecule has 4 nitrogen and oxygen atoms in total. The lowest BCUT2D eigenvalue weighted by Crippen LogP contribution is -2.29. The Morgan fingerprint density at radius 1 is 1.09 bits per heavy atom. The minimum Gasteiger partial charge on any atom is -0.375 e. The molecule has 0 saturated heterocycles. The summed E-state index contributed by atoms with van der Waals surface area (Å²) in [6.45, 7) is -0.0698. The van der Waals surface area contributed by atoms with Crippen LogP contribution in [-0.4, -0.2) is 22.1 Å².